The number of halogens is 1. The summed E-state index contributed by atoms with van der Waals surface area (Å²) >= 11 is 3.47. The van der Waals surface area contributed by atoms with E-state index in [-0.39, 0.29) is 24.2 Å². The largest absolute Gasteiger partial charge is 0.309 e. The summed E-state index contributed by atoms with van der Waals surface area (Å²) in [5.74, 6) is 0. The van der Waals surface area contributed by atoms with E-state index in [4.69, 9.17) is 5.48 Å². The number of rotatable bonds is 2. The lowest BCUT2D eigenvalue weighted by atomic mass is 10.1. The van der Waals surface area contributed by atoms with Gasteiger partial charge in [-0.15, -0.1) is 0 Å². The fraction of sp³-hybridized carbons (Fsp3) is 0. The highest BCUT2D eigenvalue weighted by atomic mass is 79.9. The molecule has 2 heterocycles. The second-order valence-corrected chi connectivity index (χ2v) is 8.88. The van der Waals surface area contributed by atoms with Gasteiger partial charge in [0.05, 0.1) is 33.2 Å². The normalized spacial score (nSPS) is 13.5. The first-order valence-corrected chi connectivity index (χ1v) is 11.5. The molecule has 0 bridgehead atoms. The van der Waals surface area contributed by atoms with Gasteiger partial charge in [0.1, 0.15) is 0 Å². The Bertz CT molecular complexity index is 1970. The quantitative estimate of drug-likeness (QED) is 0.229. The van der Waals surface area contributed by atoms with Crippen LogP contribution >= 0.6 is 15.9 Å². The molecule has 0 saturated carbocycles. The minimum absolute atomic E-state index is 0.0815. The standard InChI is InChI=1S/C30H19BrN2/c31-25-12-4-8-16-30(25)33-28-15-7-3-11-23(28)24-19-20(17-18-29(24)33)32-26-13-5-1-9-21(26)22-10-2-6-14-27(22)32/h1-19H/i4D,8D,12D,16D. The first-order valence-electron chi connectivity index (χ1n) is 12.8. The molecule has 0 aliphatic carbocycles. The van der Waals surface area contributed by atoms with Crippen molar-refractivity contribution < 1.29 is 5.48 Å². The minimum atomic E-state index is -0.255. The van der Waals surface area contributed by atoms with Gasteiger partial charge in [-0.25, -0.2) is 0 Å². The van der Waals surface area contributed by atoms with Crippen molar-refractivity contribution >= 4 is 59.5 Å². The van der Waals surface area contributed by atoms with Crippen molar-refractivity contribution in [3.05, 3.63) is 120 Å². The molecule has 0 aliphatic rings. The summed E-state index contributed by atoms with van der Waals surface area (Å²) < 4.78 is 38.0. The van der Waals surface area contributed by atoms with Crippen LogP contribution < -0.4 is 0 Å². The van der Waals surface area contributed by atoms with Crippen molar-refractivity contribution in [1.29, 1.82) is 0 Å². The van der Waals surface area contributed by atoms with Crippen LogP contribution in [0, 0.1) is 0 Å². The topological polar surface area (TPSA) is 9.86 Å². The van der Waals surface area contributed by atoms with Crippen LogP contribution in [0.3, 0.4) is 0 Å². The van der Waals surface area contributed by atoms with E-state index in [0.29, 0.717) is 10.2 Å². The van der Waals surface area contributed by atoms with Gasteiger partial charge in [0.2, 0.25) is 0 Å². The minimum Gasteiger partial charge on any atom is -0.309 e. The number of benzene rings is 5. The number of fused-ring (bicyclic) bond motifs is 6. The Morgan fingerprint density at radius 3 is 1.73 bits per heavy atom. The van der Waals surface area contributed by atoms with Crippen LogP contribution in [-0.4, -0.2) is 9.13 Å². The summed E-state index contributed by atoms with van der Waals surface area (Å²) in [6, 6.07) is 30.4. The van der Waals surface area contributed by atoms with Crippen LogP contribution in [0.2, 0.25) is 0 Å². The van der Waals surface area contributed by atoms with E-state index in [1.54, 1.807) is 0 Å². The van der Waals surface area contributed by atoms with Gasteiger partial charge in [0.25, 0.3) is 0 Å². The summed E-state index contributed by atoms with van der Waals surface area (Å²) in [5.41, 5.74) is 5.45. The predicted octanol–water partition coefficient (Wildman–Crippen LogP) is 8.64. The molecule has 0 aliphatic heterocycles. The zero-order valence-electron chi connectivity index (χ0n) is 21.4. The van der Waals surface area contributed by atoms with E-state index in [1.807, 2.05) is 28.8 Å². The van der Waals surface area contributed by atoms with E-state index in [2.05, 4.69) is 87.2 Å². The number of nitrogens with zero attached hydrogens (tertiary/aromatic N) is 2. The second kappa shape index (κ2) is 7.09. The van der Waals surface area contributed by atoms with Crippen molar-refractivity contribution in [3.63, 3.8) is 0 Å². The Hall–Kier alpha value is -3.82. The maximum Gasteiger partial charge on any atom is 0.0645 e. The molecule has 33 heavy (non-hydrogen) atoms. The Kier molecular flexibility index (Phi) is 3.24. The summed E-state index contributed by atoms with van der Waals surface area (Å²) in [7, 11) is 0. The highest BCUT2D eigenvalue weighted by Crippen LogP contribution is 2.37. The molecule has 5 aromatic carbocycles. The average Bonchev–Trinajstić information content (AvgIpc) is 3.44. The van der Waals surface area contributed by atoms with Gasteiger partial charge in [0.15, 0.2) is 0 Å². The smallest absolute Gasteiger partial charge is 0.0645 e. The van der Waals surface area contributed by atoms with Crippen LogP contribution in [0.25, 0.3) is 55.0 Å². The molecule has 0 spiro atoms. The van der Waals surface area contributed by atoms with Crippen molar-refractivity contribution in [1.82, 2.24) is 9.13 Å². The molecule has 0 amide bonds. The van der Waals surface area contributed by atoms with Crippen LogP contribution in [0.1, 0.15) is 5.48 Å². The Balaban J connectivity index is 1.60. The molecule has 2 nitrogen and oxygen atoms in total. The monoisotopic (exact) mass is 490 g/mol. The predicted molar refractivity (Wildman–Crippen MR) is 143 cm³/mol. The lowest BCUT2D eigenvalue weighted by Gasteiger charge is -2.11. The third-order valence-electron chi connectivity index (χ3n) is 6.34. The molecule has 7 rings (SSSR count). The number of hydrogen-bond acceptors (Lipinski definition) is 0. The maximum absolute atomic E-state index is 8.69. The summed E-state index contributed by atoms with van der Waals surface area (Å²) in [6.45, 7) is 0. The summed E-state index contributed by atoms with van der Waals surface area (Å²) in [6.07, 6.45) is 0. The molecule has 0 saturated heterocycles. The summed E-state index contributed by atoms with van der Waals surface area (Å²) in [5, 5.41) is 4.42. The van der Waals surface area contributed by atoms with Crippen molar-refractivity contribution in [3.8, 4) is 11.4 Å². The van der Waals surface area contributed by atoms with Crippen molar-refractivity contribution in [2.45, 2.75) is 0 Å². The van der Waals surface area contributed by atoms with Crippen LogP contribution in [-0.2, 0) is 0 Å². The van der Waals surface area contributed by atoms with Crippen LogP contribution in [0.4, 0.5) is 0 Å². The molecule has 156 valence electrons. The van der Waals surface area contributed by atoms with E-state index < -0.39 is 0 Å². The highest BCUT2D eigenvalue weighted by Gasteiger charge is 2.16. The molecule has 2 aromatic heterocycles. The van der Waals surface area contributed by atoms with Gasteiger partial charge in [0, 0.05) is 31.7 Å². The molecular weight excluding hydrogens is 468 g/mol. The lowest BCUT2D eigenvalue weighted by molar-refractivity contribution is 1.16. The third kappa shape index (κ3) is 2.66. The molecule has 3 heteroatoms. The van der Waals surface area contributed by atoms with Crippen LogP contribution in [0.15, 0.2) is 120 Å². The SMILES string of the molecule is [2H]c1c([2H])c([2H])c(-n2c3ccccc3c3cc(-n4c5ccccc5c5ccccc54)ccc32)c(Br)c1[2H]. The molecule has 0 unspecified atom stereocenters. The van der Waals surface area contributed by atoms with Gasteiger partial charge >= 0.3 is 0 Å². The Morgan fingerprint density at radius 1 is 0.545 bits per heavy atom. The van der Waals surface area contributed by atoms with E-state index in [1.165, 1.54) is 10.8 Å². The number of para-hydroxylation sites is 4. The third-order valence-corrected chi connectivity index (χ3v) is 6.92. The zero-order chi connectivity index (χ0) is 25.4. The fourth-order valence-corrected chi connectivity index (χ4v) is 5.36. The maximum atomic E-state index is 8.69. The molecule has 0 fully saturated rings. The van der Waals surface area contributed by atoms with Crippen molar-refractivity contribution in [2.75, 3.05) is 0 Å². The van der Waals surface area contributed by atoms with E-state index in [0.717, 1.165) is 38.5 Å². The summed E-state index contributed by atoms with van der Waals surface area (Å²) in [4.78, 5) is 0. The zero-order valence-corrected chi connectivity index (χ0v) is 19.0. The van der Waals surface area contributed by atoms with Gasteiger partial charge in [-0.2, -0.15) is 0 Å². The van der Waals surface area contributed by atoms with E-state index >= 15 is 0 Å². The highest BCUT2D eigenvalue weighted by molar-refractivity contribution is 9.10. The average molecular weight is 491 g/mol. The molecule has 7 aromatic rings. The van der Waals surface area contributed by atoms with Crippen molar-refractivity contribution in [2.24, 2.45) is 0 Å². The first-order chi connectivity index (χ1) is 18.0. The number of aromatic nitrogens is 2. The van der Waals surface area contributed by atoms with Gasteiger partial charge in [-0.1, -0.05) is 66.7 Å². The van der Waals surface area contributed by atoms with Gasteiger partial charge < -0.3 is 9.13 Å². The van der Waals surface area contributed by atoms with Gasteiger partial charge in [-0.3, -0.25) is 0 Å². The second-order valence-electron chi connectivity index (χ2n) is 8.09. The lowest BCUT2D eigenvalue weighted by Crippen LogP contribution is -1.96. The Morgan fingerprint density at radius 2 is 1.06 bits per heavy atom. The first kappa shape index (κ1) is 15.1. The van der Waals surface area contributed by atoms with Gasteiger partial charge in [-0.05, 0) is 64.4 Å². The molecule has 0 atom stereocenters. The van der Waals surface area contributed by atoms with Crippen LogP contribution in [0.5, 0.6) is 0 Å². The molecule has 0 radical (unpaired) electrons. The van der Waals surface area contributed by atoms with E-state index in [9.17, 15) is 0 Å². The fourth-order valence-electron chi connectivity index (χ4n) is 4.99. The Labute approximate surface area is 205 Å². The molecular formula is C30H19BrN2. The molecule has 0 N–H and O–H groups in total. The number of hydrogen-bond donors (Lipinski definition) is 0.